The molecule has 15 heavy (non-hydrogen) atoms. The fourth-order valence-electron chi connectivity index (χ4n) is 2.17. The largest absolute Gasteiger partial charge is 0.453 e. The zero-order chi connectivity index (χ0) is 11.1. The van der Waals surface area contributed by atoms with Crippen LogP contribution in [0.4, 0.5) is 4.79 Å². The molecule has 1 aliphatic rings. The third-order valence-electron chi connectivity index (χ3n) is 3.10. The van der Waals surface area contributed by atoms with Crippen molar-refractivity contribution in [3.05, 3.63) is 0 Å². The Morgan fingerprint density at radius 3 is 2.93 bits per heavy atom. The lowest BCUT2D eigenvalue weighted by molar-refractivity contribution is 0.124. The van der Waals surface area contributed by atoms with Gasteiger partial charge in [-0.05, 0) is 44.6 Å². The molecule has 1 heterocycles. The van der Waals surface area contributed by atoms with Crippen LogP contribution in [0.25, 0.3) is 0 Å². The normalized spacial score (nSPS) is 22.3. The Balaban J connectivity index is 2.31. The van der Waals surface area contributed by atoms with Crippen molar-refractivity contribution >= 4 is 6.09 Å². The first-order valence-electron chi connectivity index (χ1n) is 5.81. The van der Waals surface area contributed by atoms with Crippen LogP contribution in [0.1, 0.15) is 32.1 Å². The zero-order valence-corrected chi connectivity index (χ0v) is 9.58. The first kappa shape index (κ1) is 12.3. The maximum Gasteiger partial charge on any atom is 0.409 e. The van der Waals surface area contributed by atoms with E-state index in [0.717, 1.165) is 44.8 Å². The number of carbonyl (C=O) groups is 1. The van der Waals surface area contributed by atoms with Crippen LogP contribution in [0.5, 0.6) is 0 Å². The summed E-state index contributed by atoms with van der Waals surface area (Å²) in [7, 11) is 1.44. The van der Waals surface area contributed by atoms with Gasteiger partial charge in [0.2, 0.25) is 0 Å². The van der Waals surface area contributed by atoms with Crippen LogP contribution in [0.15, 0.2) is 0 Å². The Hall–Kier alpha value is -0.770. The molecule has 4 nitrogen and oxygen atoms in total. The first-order chi connectivity index (χ1) is 7.27. The summed E-state index contributed by atoms with van der Waals surface area (Å²) in [4.78, 5) is 13.1. The second-order valence-electron chi connectivity index (χ2n) is 4.18. The highest BCUT2D eigenvalue weighted by atomic mass is 16.5. The lowest BCUT2D eigenvalue weighted by atomic mass is 9.95. The smallest absolute Gasteiger partial charge is 0.409 e. The second kappa shape index (κ2) is 6.67. The molecular formula is C11H22N2O2. The van der Waals surface area contributed by atoms with E-state index in [0.29, 0.717) is 0 Å². The molecule has 4 heteroatoms. The van der Waals surface area contributed by atoms with E-state index in [1.807, 2.05) is 4.90 Å². The van der Waals surface area contributed by atoms with Crippen molar-refractivity contribution in [2.75, 3.05) is 26.7 Å². The summed E-state index contributed by atoms with van der Waals surface area (Å²) >= 11 is 0. The summed E-state index contributed by atoms with van der Waals surface area (Å²) in [6.07, 6.45) is 5.51. The van der Waals surface area contributed by atoms with Crippen molar-refractivity contribution in [2.24, 2.45) is 11.7 Å². The fraction of sp³-hybridized carbons (Fsp3) is 0.909. The zero-order valence-electron chi connectivity index (χ0n) is 9.58. The summed E-state index contributed by atoms with van der Waals surface area (Å²) < 4.78 is 4.73. The Kier molecular flexibility index (Phi) is 5.47. The average Bonchev–Trinajstić information content (AvgIpc) is 2.50. The molecule has 2 N–H and O–H groups in total. The summed E-state index contributed by atoms with van der Waals surface area (Å²) in [5, 5.41) is 0. The number of nitrogens with zero attached hydrogens (tertiary/aromatic N) is 1. The molecule has 88 valence electrons. The van der Waals surface area contributed by atoms with Gasteiger partial charge < -0.3 is 15.4 Å². The minimum atomic E-state index is -0.186. The molecule has 0 spiro atoms. The van der Waals surface area contributed by atoms with E-state index in [-0.39, 0.29) is 6.09 Å². The molecule has 1 aliphatic heterocycles. The van der Waals surface area contributed by atoms with Gasteiger partial charge in [0, 0.05) is 13.1 Å². The van der Waals surface area contributed by atoms with Crippen LogP contribution >= 0.6 is 0 Å². The van der Waals surface area contributed by atoms with Gasteiger partial charge in [-0.1, -0.05) is 0 Å². The SMILES string of the molecule is COC(=O)N1CCCC(CCCN)CC1. The van der Waals surface area contributed by atoms with E-state index in [9.17, 15) is 4.79 Å². The highest BCUT2D eigenvalue weighted by Gasteiger charge is 2.20. The number of hydrogen-bond acceptors (Lipinski definition) is 3. The molecular weight excluding hydrogens is 192 g/mol. The molecule has 1 amide bonds. The number of ether oxygens (including phenoxy) is 1. The van der Waals surface area contributed by atoms with Gasteiger partial charge in [0.1, 0.15) is 0 Å². The van der Waals surface area contributed by atoms with E-state index >= 15 is 0 Å². The van der Waals surface area contributed by atoms with Crippen molar-refractivity contribution in [3.63, 3.8) is 0 Å². The van der Waals surface area contributed by atoms with E-state index in [1.165, 1.54) is 20.0 Å². The number of methoxy groups -OCH3 is 1. The van der Waals surface area contributed by atoms with Crippen LogP contribution in [0.3, 0.4) is 0 Å². The van der Waals surface area contributed by atoms with Gasteiger partial charge in [-0.2, -0.15) is 0 Å². The van der Waals surface area contributed by atoms with Crippen LogP contribution in [-0.4, -0.2) is 37.7 Å². The summed E-state index contributed by atoms with van der Waals surface area (Å²) in [5.74, 6) is 0.739. The van der Waals surface area contributed by atoms with Gasteiger partial charge in [-0.3, -0.25) is 0 Å². The molecule has 0 bridgehead atoms. The molecule has 0 radical (unpaired) electrons. The molecule has 1 unspecified atom stereocenters. The lowest BCUT2D eigenvalue weighted by Gasteiger charge is -2.18. The number of likely N-dealkylation sites (tertiary alicyclic amines) is 1. The second-order valence-corrected chi connectivity index (χ2v) is 4.18. The van der Waals surface area contributed by atoms with Crippen molar-refractivity contribution < 1.29 is 9.53 Å². The Labute approximate surface area is 91.8 Å². The van der Waals surface area contributed by atoms with E-state index in [2.05, 4.69) is 0 Å². The number of amides is 1. The van der Waals surface area contributed by atoms with Crippen molar-refractivity contribution in [2.45, 2.75) is 32.1 Å². The van der Waals surface area contributed by atoms with Crippen molar-refractivity contribution in [1.29, 1.82) is 0 Å². The molecule has 0 aliphatic carbocycles. The Morgan fingerprint density at radius 1 is 1.47 bits per heavy atom. The molecule has 0 aromatic heterocycles. The predicted octanol–water partition coefficient (Wildman–Crippen LogP) is 1.59. The summed E-state index contributed by atoms with van der Waals surface area (Å²) in [5.41, 5.74) is 5.50. The highest BCUT2D eigenvalue weighted by Crippen LogP contribution is 2.21. The molecule has 0 aromatic rings. The van der Waals surface area contributed by atoms with E-state index < -0.39 is 0 Å². The van der Waals surface area contributed by atoms with Gasteiger partial charge >= 0.3 is 6.09 Å². The van der Waals surface area contributed by atoms with E-state index in [1.54, 1.807) is 0 Å². The monoisotopic (exact) mass is 214 g/mol. The maximum atomic E-state index is 11.3. The van der Waals surface area contributed by atoms with E-state index in [4.69, 9.17) is 10.5 Å². The maximum absolute atomic E-state index is 11.3. The van der Waals surface area contributed by atoms with Crippen LogP contribution in [0.2, 0.25) is 0 Å². The number of hydrogen-bond donors (Lipinski definition) is 1. The third-order valence-corrected chi connectivity index (χ3v) is 3.10. The number of carbonyl (C=O) groups excluding carboxylic acids is 1. The van der Waals surface area contributed by atoms with Gasteiger partial charge in [-0.15, -0.1) is 0 Å². The molecule has 0 aromatic carbocycles. The fourth-order valence-corrected chi connectivity index (χ4v) is 2.17. The molecule has 1 fully saturated rings. The quantitative estimate of drug-likeness (QED) is 0.776. The minimum absolute atomic E-state index is 0.186. The highest BCUT2D eigenvalue weighted by molar-refractivity contribution is 5.67. The molecule has 1 rings (SSSR count). The lowest BCUT2D eigenvalue weighted by Crippen LogP contribution is -2.31. The summed E-state index contributed by atoms with van der Waals surface area (Å²) in [6, 6.07) is 0. The van der Waals surface area contributed by atoms with Crippen molar-refractivity contribution in [1.82, 2.24) is 4.90 Å². The van der Waals surface area contributed by atoms with Gasteiger partial charge in [0.05, 0.1) is 7.11 Å². The van der Waals surface area contributed by atoms with Crippen LogP contribution in [-0.2, 0) is 4.74 Å². The van der Waals surface area contributed by atoms with Gasteiger partial charge in [0.15, 0.2) is 0 Å². The van der Waals surface area contributed by atoms with Crippen LogP contribution in [0, 0.1) is 5.92 Å². The van der Waals surface area contributed by atoms with Crippen molar-refractivity contribution in [3.8, 4) is 0 Å². The number of nitrogens with two attached hydrogens (primary N) is 1. The molecule has 1 saturated heterocycles. The standard InChI is InChI=1S/C11H22N2O2/c1-15-11(14)13-8-3-5-10(6-9-13)4-2-7-12/h10H,2-9,12H2,1H3. The average molecular weight is 214 g/mol. The Bertz CT molecular complexity index is 197. The Morgan fingerprint density at radius 2 is 2.27 bits per heavy atom. The molecule has 1 atom stereocenters. The predicted molar refractivity (Wildman–Crippen MR) is 59.6 cm³/mol. The molecule has 0 saturated carbocycles. The topological polar surface area (TPSA) is 55.6 Å². The van der Waals surface area contributed by atoms with Gasteiger partial charge in [-0.25, -0.2) is 4.79 Å². The van der Waals surface area contributed by atoms with Crippen LogP contribution < -0.4 is 5.73 Å². The first-order valence-corrected chi connectivity index (χ1v) is 5.81. The van der Waals surface area contributed by atoms with Gasteiger partial charge in [0.25, 0.3) is 0 Å². The number of rotatable bonds is 3. The minimum Gasteiger partial charge on any atom is -0.453 e. The third kappa shape index (κ3) is 4.08. The summed E-state index contributed by atoms with van der Waals surface area (Å²) in [6.45, 7) is 2.45.